The van der Waals surface area contributed by atoms with Crippen molar-refractivity contribution >= 4 is 22.6 Å². The van der Waals surface area contributed by atoms with Gasteiger partial charge in [0.25, 0.3) is 0 Å². The van der Waals surface area contributed by atoms with Crippen molar-refractivity contribution < 1.29 is 19.4 Å². The van der Waals surface area contributed by atoms with Crippen molar-refractivity contribution in [1.29, 1.82) is 0 Å². The van der Waals surface area contributed by atoms with Crippen LogP contribution in [0.5, 0.6) is 0 Å². The van der Waals surface area contributed by atoms with Crippen molar-refractivity contribution in [2.45, 2.75) is 52.2 Å². The molecule has 5 nitrogen and oxygen atoms in total. The molecule has 0 heterocycles. The minimum Gasteiger partial charge on any atom is -0.481 e. The predicted molar refractivity (Wildman–Crippen MR) is 102 cm³/mol. The molecule has 2 rings (SSSR count). The highest BCUT2D eigenvalue weighted by atomic mass is 16.5. The van der Waals surface area contributed by atoms with Crippen LogP contribution in [0.4, 0.5) is 0 Å². The predicted octanol–water partition coefficient (Wildman–Crippen LogP) is 3.66. The molecule has 26 heavy (non-hydrogen) atoms. The van der Waals surface area contributed by atoms with Gasteiger partial charge in [0.1, 0.15) is 0 Å². The van der Waals surface area contributed by atoms with Gasteiger partial charge in [-0.1, -0.05) is 37.3 Å². The topological polar surface area (TPSA) is 89.6 Å². The zero-order chi connectivity index (χ0) is 19.1. The molecule has 0 radical (unpaired) electrons. The van der Waals surface area contributed by atoms with Gasteiger partial charge in [-0.05, 0) is 53.6 Å². The molecule has 2 aromatic rings. The molecule has 1 amide bonds. The Kier molecular flexibility index (Phi) is 7.16. The van der Waals surface area contributed by atoms with Gasteiger partial charge in [0.2, 0.25) is 5.91 Å². The highest BCUT2D eigenvalue weighted by Gasteiger charge is 2.14. The maximum absolute atomic E-state index is 10.9. The van der Waals surface area contributed by atoms with Crippen LogP contribution in [-0.4, -0.2) is 23.1 Å². The first kappa shape index (κ1) is 19.9. The normalized spacial score (nSPS) is 13.5. The Morgan fingerprint density at radius 3 is 2.27 bits per heavy atom. The molecule has 2 aromatic carbocycles. The third-order valence-corrected chi connectivity index (χ3v) is 4.76. The summed E-state index contributed by atoms with van der Waals surface area (Å²) in [6.45, 7) is 4.59. The zero-order valence-corrected chi connectivity index (χ0v) is 15.4. The molecule has 0 aliphatic heterocycles. The van der Waals surface area contributed by atoms with E-state index >= 15 is 0 Å². The van der Waals surface area contributed by atoms with Crippen molar-refractivity contribution in [2.75, 3.05) is 0 Å². The number of carbonyl (C=O) groups is 2. The van der Waals surface area contributed by atoms with Gasteiger partial charge in [0.05, 0.1) is 12.7 Å². The summed E-state index contributed by atoms with van der Waals surface area (Å²) in [5, 5.41) is 11.0. The smallest absolute Gasteiger partial charge is 0.303 e. The van der Waals surface area contributed by atoms with E-state index in [4.69, 9.17) is 15.6 Å². The van der Waals surface area contributed by atoms with Crippen LogP contribution in [-0.2, 0) is 27.4 Å². The lowest BCUT2D eigenvalue weighted by molar-refractivity contribution is -0.137. The average Bonchev–Trinajstić information content (AvgIpc) is 2.61. The first-order chi connectivity index (χ1) is 12.3. The number of carboxylic acid groups (broad SMARTS) is 1. The molecule has 0 fully saturated rings. The van der Waals surface area contributed by atoms with E-state index in [9.17, 15) is 9.59 Å². The monoisotopic (exact) mass is 357 g/mol. The lowest BCUT2D eigenvalue weighted by atomic mass is 9.99. The van der Waals surface area contributed by atoms with Crippen molar-refractivity contribution in [3.8, 4) is 0 Å². The molecule has 2 atom stereocenters. The Hall–Kier alpha value is -2.40. The van der Waals surface area contributed by atoms with E-state index in [2.05, 4.69) is 13.0 Å². The van der Waals surface area contributed by atoms with E-state index in [0.717, 1.165) is 28.3 Å². The second kappa shape index (κ2) is 9.34. The molecule has 0 saturated carbocycles. The van der Waals surface area contributed by atoms with Crippen LogP contribution in [0, 0.1) is 5.92 Å². The number of aliphatic carboxylic acids is 1. The molecular weight excluding hydrogens is 330 g/mol. The Morgan fingerprint density at radius 2 is 1.65 bits per heavy atom. The number of carboxylic acids is 1. The fourth-order valence-electron chi connectivity index (χ4n) is 2.84. The van der Waals surface area contributed by atoms with Crippen molar-refractivity contribution in [3.05, 3.63) is 47.5 Å². The van der Waals surface area contributed by atoms with E-state index < -0.39 is 5.97 Å². The van der Waals surface area contributed by atoms with Gasteiger partial charge in [-0.25, -0.2) is 0 Å². The Labute approximate surface area is 154 Å². The second-order valence-corrected chi connectivity index (χ2v) is 6.91. The molecule has 3 N–H and O–H groups in total. The summed E-state index contributed by atoms with van der Waals surface area (Å²) >= 11 is 0. The fraction of sp³-hybridized carbons (Fsp3) is 0.429. The van der Waals surface area contributed by atoms with Gasteiger partial charge in [-0.3, -0.25) is 9.59 Å². The fourth-order valence-corrected chi connectivity index (χ4v) is 2.84. The summed E-state index contributed by atoms with van der Waals surface area (Å²) in [5.74, 6) is -0.794. The van der Waals surface area contributed by atoms with Crippen LogP contribution >= 0.6 is 0 Å². The summed E-state index contributed by atoms with van der Waals surface area (Å²) in [6, 6.07) is 12.2. The summed E-state index contributed by atoms with van der Waals surface area (Å²) in [7, 11) is 0. The SMILES string of the molecule is C[C@@H](CCC(N)=O)[C@@H](C)OCc1ccc2cc(CCC(=O)O)ccc2c1. The Balaban J connectivity index is 1.95. The van der Waals surface area contributed by atoms with Gasteiger partial charge in [-0.2, -0.15) is 0 Å². The molecule has 0 aliphatic rings. The van der Waals surface area contributed by atoms with Crippen molar-refractivity contribution in [3.63, 3.8) is 0 Å². The number of nitrogens with two attached hydrogens (primary N) is 1. The molecule has 0 saturated heterocycles. The maximum Gasteiger partial charge on any atom is 0.303 e. The number of primary amides is 1. The van der Waals surface area contributed by atoms with Crippen LogP contribution in [0.3, 0.4) is 0 Å². The largest absolute Gasteiger partial charge is 0.481 e. The van der Waals surface area contributed by atoms with E-state index in [1.165, 1.54) is 0 Å². The number of hydrogen-bond acceptors (Lipinski definition) is 3. The number of ether oxygens (including phenoxy) is 1. The number of aryl methyl sites for hydroxylation is 1. The number of benzene rings is 2. The first-order valence-electron chi connectivity index (χ1n) is 8.98. The van der Waals surface area contributed by atoms with Crippen molar-refractivity contribution in [1.82, 2.24) is 0 Å². The summed E-state index contributed by atoms with van der Waals surface area (Å²) in [6.07, 6.45) is 1.84. The zero-order valence-electron chi connectivity index (χ0n) is 15.4. The lowest BCUT2D eigenvalue weighted by Gasteiger charge is -2.20. The standard InChI is InChI=1S/C21H27NO4/c1-14(3-9-20(22)23)15(2)26-13-17-5-8-18-11-16(6-10-21(24)25)4-7-19(18)12-17/h4-5,7-8,11-12,14-15H,3,6,9-10,13H2,1-2H3,(H2,22,23)(H,24,25)/t14-,15+/m0/s1. The molecule has 0 aliphatic carbocycles. The average molecular weight is 357 g/mol. The van der Waals surface area contributed by atoms with E-state index in [-0.39, 0.29) is 24.3 Å². The van der Waals surface area contributed by atoms with Crippen molar-refractivity contribution in [2.24, 2.45) is 11.7 Å². The summed E-state index contributed by atoms with van der Waals surface area (Å²) < 4.78 is 5.94. The second-order valence-electron chi connectivity index (χ2n) is 6.91. The summed E-state index contributed by atoms with van der Waals surface area (Å²) in [5.41, 5.74) is 7.31. The van der Waals surface area contributed by atoms with Crippen LogP contribution < -0.4 is 5.73 Å². The molecule has 0 bridgehead atoms. The molecule has 0 aromatic heterocycles. The van der Waals surface area contributed by atoms with Crippen LogP contribution in [0.25, 0.3) is 10.8 Å². The quantitative estimate of drug-likeness (QED) is 0.679. The van der Waals surface area contributed by atoms with Gasteiger partial charge >= 0.3 is 5.97 Å². The number of fused-ring (bicyclic) bond motifs is 1. The lowest BCUT2D eigenvalue weighted by Crippen LogP contribution is -2.20. The van der Waals surface area contributed by atoms with Gasteiger partial charge in [0.15, 0.2) is 0 Å². The van der Waals surface area contributed by atoms with Gasteiger partial charge in [0, 0.05) is 12.8 Å². The molecule has 0 unspecified atom stereocenters. The number of carbonyl (C=O) groups excluding carboxylic acids is 1. The number of rotatable bonds is 10. The number of hydrogen-bond donors (Lipinski definition) is 2. The Bertz CT molecular complexity index is 772. The third-order valence-electron chi connectivity index (χ3n) is 4.76. The minimum atomic E-state index is -0.781. The highest BCUT2D eigenvalue weighted by Crippen LogP contribution is 2.21. The minimum absolute atomic E-state index is 0.0449. The van der Waals surface area contributed by atoms with Crippen LogP contribution in [0.2, 0.25) is 0 Å². The van der Waals surface area contributed by atoms with E-state index in [1.807, 2.05) is 37.3 Å². The molecular formula is C21H27NO4. The molecule has 0 spiro atoms. The van der Waals surface area contributed by atoms with E-state index in [0.29, 0.717) is 19.4 Å². The number of amides is 1. The van der Waals surface area contributed by atoms with Gasteiger partial charge in [-0.15, -0.1) is 0 Å². The summed E-state index contributed by atoms with van der Waals surface area (Å²) in [4.78, 5) is 21.6. The Morgan fingerprint density at radius 1 is 1.04 bits per heavy atom. The maximum atomic E-state index is 10.9. The molecule has 140 valence electrons. The first-order valence-corrected chi connectivity index (χ1v) is 8.98. The molecule has 5 heteroatoms. The highest BCUT2D eigenvalue weighted by molar-refractivity contribution is 5.84. The van der Waals surface area contributed by atoms with E-state index in [1.54, 1.807) is 0 Å². The van der Waals surface area contributed by atoms with Crippen LogP contribution in [0.1, 0.15) is 44.2 Å². The van der Waals surface area contributed by atoms with Gasteiger partial charge < -0.3 is 15.6 Å². The van der Waals surface area contributed by atoms with Crippen LogP contribution in [0.15, 0.2) is 36.4 Å². The third kappa shape index (κ3) is 6.15.